The molecule has 0 radical (unpaired) electrons. The maximum absolute atomic E-state index is 12.4. The molecule has 0 aliphatic rings. The first-order chi connectivity index (χ1) is 14.3. The Kier molecular flexibility index (Phi) is 6.99. The van der Waals surface area contributed by atoms with Gasteiger partial charge in [-0.05, 0) is 81.7 Å². The number of benzene rings is 2. The SMILES string of the molecule is CN(C)CCCNS(=O)(=O)c1ccc(Nc2nccc(-c3ccc(O)cc3)n2)cc1. The number of phenolic OH excluding ortho intramolecular Hbond substituents is 1. The van der Waals surface area contributed by atoms with Crippen molar-refractivity contribution in [3.8, 4) is 17.0 Å². The van der Waals surface area contributed by atoms with Crippen molar-refractivity contribution in [1.82, 2.24) is 19.6 Å². The van der Waals surface area contributed by atoms with Gasteiger partial charge < -0.3 is 15.3 Å². The molecule has 0 aliphatic heterocycles. The Bertz CT molecular complexity index is 1070. The number of aromatic nitrogens is 2. The third kappa shape index (κ3) is 5.99. The first kappa shape index (κ1) is 21.7. The van der Waals surface area contributed by atoms with Crippen molar-refractivity contribution in [2.24, 2.45) is 0 Å². The average molecular weight is 428 g/mol. The van der Waals surface area contributed by atoms with E-state index in [9.17, 15) is 13.5 Å². The van der Waals surface area contributed by atoms with Gasteiger partial charge in [-0.1, -0.05) is 0 Å². The van der Waals surface area contributed by atoms with Crippen LogP contribution in [-0.2, 0) is 10.0 Å². The number of sulfonamides is 1. The molecule has 2 aromatic carbocycles. The molecule has 0 bridgehead atoms. The highest BCUT2D eigenvalue weighted by atomic mass is 32.2. The van der Waals surface area contributed by atoms with Crippen LogP contribution in [0.25, 0.3) is 11.3 Å². The molecule has 0 fully saturated rings. The Morgan fingerprint density at radius 1 is 1.00 bits per heavy atom. The summed E-state index contributed by atoms with van der Waals surface area (Å²) in [5.41, 5.74) is 2.22. The van der Waals surface area contributed by atoms with Crippen LogP contribution in [0.2, 0.25) is 0 Å². The summed E-state index contributed by atoms with van der Waals surface area (Å²) in [5.74, 6) is 0.575. The number of nitrogens with one attached hydrogen (secondary N) is 2. The van der Waals surface area contributed by atoms with Crippen LogP contribution in [-0.4, -0.2) is 55.6 Å². The van der Waals surface area contributed by atoms with Gasteiger partial charge >= 0.3 is 0 Å². The Hall–Kier alpha value is -3.01. The lowest BCUT2D eigenvalue weighted by Crippen LogP contribution is -2.27. The van der Waals surface area contributed by atoms with Crippen molar-refractivity contribution in [1.29, 1.82) is 0 Å². The number of hydrogen-bond donors (Lipinski definition) is 3. The van der Waals surface area contributed by atoms with Gasteiger partial charge in [0.1, 0.15) is 5.75 Å². The minimum atomic E-state index is -3.54. The molecule has 0 saturated carbocycles. The number of phenols is 1. The second kappa shape index (κ2) is 9.66. The molecule has 0 spiro atoms. The normalized spacial score (nSPS) is 11.6. The molecule has 0 aliphatic carbocycles. The fraction of sp³-hybridized carbons (Fsp3) is 0.238. The maximum atomic E-state index is 12.4. The topological polar surface area (TPSA) is 107 Å². The Morgan fingerprint density at radius 2 is 1.70 bits per heavy atom. The van der Waals surface area contributed by atoms with E-state index in [1.54, 1.807) is 60.8 Å². The Morgan fingerprint density at radius 3 is 2.37 bits per heavy atom. The summed E-state index contributed by atoms with van der Waals surface area (Å²) in [5, 5.41) is 12.5. The van der Waals surface area contributed by atoms with Crippen molar-refractivity contribution >= 4 is 21.7 Å². The quantitative estimate of drug-likeness (QED) is 0.451. The van der Waals surface area contributed by atoms with E-state index in [0.717, 1.165) is 18.5 Å². The predicted molar refractivity (Wildman–Crippen MR) is 117 cm³/mol. The maximum Gasteiger partial charge on any atom is 0.240 e. The van der Waals surface area contributed by atoms with Crippen molar-refractivity contribution in [2.45, 2.75) is 11.3 Å². The van der Waals surface area contributed by atoms with Gasteiger partial charge in [-0.2, -0.15) is 0 Å². The second-order valence-electron chi connectivity index (χ2n) is 7.02. The monoisotopic (exact) mass is 427 g/mol. The van der Waals surface area contributed by atoms with Gasteiger partial charge in [0.05, 0.1) is 10.6 Å². The number of rotatable bonds is 9. The van der Waals surface area contributed by atoms with Crippen LogP contribution in [0.4, 0.5) is 11.6 Å². The standard InChI is InChI=1S/C21H25N5O3S/c1-26(2)15-3-13-23-30(28,29)19-10-6-17(7-11-19)24-21-22-14-12-20(25-21)16-4-8-18(27)9-5-16/h4-12,14,23,27H,3,13,15H2,1-2H3,(H,22,24,25). The fourth-order valence-electron chi connectivity index (χ4n) is 2.74. The summed E-state index contributed by atoms with van der Waals surface area (Å²) in [7, 11) is 0.355. The van der Waals surface area contributed by atoms with Gasteiger partial charge in [0.25, 0.3) is 0 Å². The Labute approximate surface area is 176 Å². The molecular formula is C21H25N5O3S. The molecule has 1 aromatic heterocycles. The fourth-order valence-corrected chi connectivity index (χ4v) is 3.82. The highest BCUT2D eigenvalue weighted by molar-refractivity contribution is 7.89. The van der Waals surface area contributed by atoms with Gasteiger partial charge in [0.2, 0.25) is 16.0 Å². The number of nitrogens with zero attached hydrogens (tertiary/aromatic N) is 3. The van der Waals surface area contributed by atoms with Gasteiger partial charge in [-0.15, -0.1) is 0 Å². The zero-order valence-corrected chi connectivity index (χ0v) is 17.7. The second-order valence-corrected chi connectivity index (χ2v) is 8.78. The van der Waals surface area contributed by atoms with Gasteiger partial charge in [-0.3, -0.25) is 0 Å². The van der Waals surface area contributed by atoms with Crippen molar-refractivity contribution in [3.63, 3.8) is 0 Å². The molecule has 8 nitrogen and oxygen atoms in total. The third-order valence-electron chi connectivity index (χ3n) is 4.31. The molecule has 1 heterocycles. The van der Waals surface area contributed by atoms with Crippen LogP contribution < -0.4 is 10.0 Å². The average Bonchev–Trinajstić information content (AvgIpc) is 2.72. The predicted octanol–water partition coefficient (Wildman–Crippen LogP) is 2.82. The van der Waals surface area contributed by atoms with E-state index in [4.69, 9.17) is 0 Å². The van der Waals surface area contributed by atoms with Crippen molar-refractivity contribution < 1.29 is 13.5 Å². The number of aromatic hydroxyl groups is 1. The molecule has 0 amide bonds. The van der Waals surface area contributed by atoms with E-state index in [-0.39, 0.29) is 10.6 Å². The Balaban J connectivity index is 1.66. The van der Waals surface area contributed by atoms with E-state index in [2.05, 4.69) is 20.0 Å². The van der Waals surface area contributed by atoms with E-state index in [0.29, 0.717) is 23.9 Å². The summed E-state index contributed by atoms with van der Waals surface area (Å²) < 4.78 is 27.4. The molecule has 3 N–H and O–H groups in total. The first-order valence-electron chi connectivity index (χ1n) is 9.47. The smallest absolute Gasteiger partial charge is 0.240 e. The van der Waals surface area contributed by atoms with Crippen molar-refractivity contribution in [3.05, 3.63) is 60.8 Å². The van der Waals surface area contributed by atoms with Crippen LogP contribution in [0.15, 0.2) is 65.7 Å². The van der Waals surface area contributed by atoms with Crippen molar-refractivity contribution in [2.75, 3.05) is 32.5 Å². The van der Waals surface area contributed by atoms with Gasteiger partial charge in [-0.25, -0.2) is 23.1 Å². The summed E-state index contributed by atoms with van der Waals surface area (Å²) in [6.07, 6.45) is 2.37. The minimum absolute atomic E-state index is 0.188. The highest BCUT2D eigenvalue weighted by Gasteiger charge is 2.13. The summed E-state index contributed by atoms with van der Waals surface area (Å²) in [4.78, 5) is 10.9. The number of hydrogen-bond acceptors (Lipinski definition) is 7. The molecule has 0 saturated heterocycles. The van der Waals surface area contributed by atoms with Crippen LogP contribution in [0, 0.1) is 0 Å². The summed E-state index contributed by atoms with van der Waals surface area (Å²) >= 11 is 0. The third-order valence-corrected chi connectivity index (χ3v) is 5.79. The van der Waals surface area contributed by atoms with E-state index in [1.165, 1.54) is 0 Å². The first-order valence-corrected chi connectivity index (χ1v) is 11.0. The van der Waals surface area contributed by atoms with Crippen LogP contribution in [0.1, 0.15) is 6.42 Å². The number of anilines is 2. The minimum Gasteiger partial charge on any atom is -0.508 e. The zero-order valence-electron chi connectivity index (χ0n) is 16.9. The lowest BCUT2D eigenvalue weighted by molar-refractivity contribution is 0.400. The van der Waals surface area contributed by atoms with Crippen LogP contribution >= 0.6 is 0 Å². The van der Waals surface area contributed by atoms with Gasteiger partial charge in [0, 0.05) is 24.0 Å². The van der Waals surface area contributed by atoms with E-state index < -0.39 is 10.0 Å². The lowest BCUT2D eigenvalue weighted by atomic mass is 10.1. The highest BCUT2D eigenvalue weighted by Crippen LogP contribution is 2.22. The molecule has 3 rings (SSSR count). The summed E-state index contributed by atoms with van der Waals surface area (Å²) in [6.45, 7) is 1.20. The van der Waals surface area contributed by atoms with E-state index in [1.807, 2.05) is 19.0 Å². The van der Waals surface area contributed by atoms with E-state index >= 15 is 0 Å². The molecule has 9 heteroatoms. The molecule has 0 unspecified atom stereocenters. The molecule has 158 valence electrons. The lowest BCUT2D eigenvalue weighted by Gasteiger charge is -2.11. The molecule has 0 atom stereocenters. The molecule has 3 aromatic rings. The summed E-state index contributed by atoms with van der Waals surface area (Å²) in [6, 6.07) is 14.9. The molecule has 30 heavy (non-hydrogen) atoms. The van der Waals surface area contributed by atoms with Crippen LogP contribution in [0.3, 0.4) is 0 Å². The van der Waals surface area contributed by atoms with Crippen LogP contribution in [0.5, 0.6) is 5.75 Å². The largest absolute Gasteiger partial charge is 0.508 e. The van der Waals surface area contributed by atoms with Gasteiger partial charge in [0.15, 0.2) is 0 Å². The zero-order chi connectivity index (χ0) is 21.6. The molecular weight excluding hydrogens is 402 g/mol.